The minimum absolute atomic E-state index is 0.204. The van der Waals surface area contributed by atoms with Crippen LogP contribution in [-0.2, 0) is 0 Å². The van der Waals surface area contributed by atoms with Crippen molar-refractivity contribution in [1.82, 2.24) is 0 Å². The lowest BCUT2D eigenvalue weighted by molar-refractivity contribution is 0.302. The molecule has 100 valence electrons. The highest BCUT2D eigenvalue weighted by Crippen LogP contribution is 2.24. The predicted molar refractivity (Wildman–Crippen MR) is 77.3 cm³/mol. The van der Waals surface area contributed by atoms with E-state index in [9.17, 15) is 0 Å². The Morgan fingerprint density at radius 3 is 2.44 bits per heavy atom. The Bertz CT molecular complexity index is 344. The van der Waals surface area contributed by atoms with Crippen molar-refractivity contribution < 1.29 is 5.11 Å². The van der Waals surface area contributed by atoms with Crippen molar-refractivity contribution in [3.8, 4) is 0 Å². The fraction of sp³-hybridized carbons (Fsp3) is 0.600. The molecular formula is C15H24N2O. The third-order valence-electron chi connectivity index (χ3n) is 3.71. The van der Waals surface area contributed by atoms with E-state index < -0.39 is 0 Å². The van der Waals surface area contributed by atoms with E-state index in [0.717, 1.165) is 6.54 Å². The van der Waals surface area contributed by atoms with Crippen LogP contribution in [0.25, 0.3) is 0 Å². The van der Waals surface area contributed by atoms with Gasteiger partial charge in [-0.15, -0.1) is 0 Å². The van der Waals surface area contributed by atoms with Gasteiger partial charge in [-0.3, -0.25) is 0 Å². The summed E-state index contributed by atoms with van der Waals surface area (Å²) in [7, 11) is 0. The molecule has 0 saturated heterocycles. The second-order valence-corrected chi connectivity index (χ2v) is 4.98. The van der Waals surface area contributed by atoms with Crippen molar-refractivity contribution in [3.05, 3.63) is 24.3 Å². The predicted octanol–water partition coefficient (Wildman–Crippen LogP) is 2.86. The summed E-state index contributed by atoms with van der Waals surface area (Å²) in [4.78, 5) is 2.18. The largest absolute Gasteiger partial charge is 0.395 e. The summed E-state index contributed by atoms with van der Waals surface area (Å²) < 4.78 is 0. The van der Waals surface area contributed by atoms with Gasteiger partial charge in [-0.05, 0) is 44.0 Å². The quantitative estimate of drug-likeness (QED) is 0.812. The van der Waals surface area contributed by atoms with E-state index in [1.165, 1.54) is 37.1 Å². The molecule has 0 aliphatic heterocycles. The third kappa shape index (κ3) is 3.39. The highest BCUT2D eigenvalue weighted by Gasteiger charge is 2.14. The Hall–Kier alpha value is -1.22. The van der Waals surface area contributed by atoms with Gasteiger partial charge in [-0.2, -0.15) is 0 Å². The number of rotatable bonds is 6. The van der Waals surface area contributed by atoms with Crippen LogP contribution in [-0.4, -0.2) is 30.8 Å². The van der Waals surface area contributed by atoms with Crippen molar-refractivity contribution in [2.24, 2.45) is 0 Å². The summed E-state index contributed by atoms with van der Waals surface area (Å²) in [6.45, 7) is 3.94. The molecule has 18 heavy (non-hydrogen) atoms. The molecule has 1 aliphatic rings. The lowest BCUT2D eigenvalue weighted by Crippen LogP contribution is -2.26. The maximum atomic E-state index is 9.02. The van der Waals surface area contributed by atoms with Crippen molar-refractivity contribution in [1.29, 1.82) is 0 Å². The van der Waals surface area contributed by atoms with Crippen LogP contribution in [0.4, 0.5) is 11.4 Å². The second-order valence-electron chi connectivity index (χ2n) is 4.98. The van der Waals surface area contributed by atoms with Gasteiger partial charge in [-0.1, -0.05) is 12.8 Å². The van der Waals surface area contributed by atoms with Gasteiger partial charge >= 0.3 is 0 Å². The summed E-state index contributed by atoms with van der Waals surface area (Å²) in [6.07, 6.45) is 5.31. The van der Waals surface area contributed by atoms with Crippen LogP contribution in [0.2, 0.25) is 0 Å². The lowest BCUT2D eigenvalue weighted by atomic mass is 10.2. The number of hydrogen-bond acceptors (Lipinski definition) is 3. The van der Waals surface area contributed by atoms with Crippen molar-refractivity contribution in [2.45, 2.75) is 38.6 Å². The molecule has 1 saturated carbocycles. The fourth-order valence-electron chi connectivity index (χ4n) is 2.66. The average Bonchev–Trinajstić information content (AvgIpc) is 2.90. The molecule has 1 aromatic carbocycles. The summed E-state index contributed by atoms with van der Waals surface area (Å²) >= 11 is 0. The van der Waals surface area contributed by atoms with E-state index in [4.69, 9.17) is 5.11 Å². The molecule has 2 rings (SSSR count). The van der Waals surface area contributed by atoms with E-state index in [1.54, 1.807) is 0 Å². The van der Waals surface area contributed by atoms with Crippen LogP contribution in [0.1, 0.15) is 32.6 Å². The first-order valence-electron chi connectivity index (χ1n) is 7.06. The number of benzene rings is 1. The standard InChI is InChI=1S/C15H24N2O/c1-2-17(11-12-18)15-9-7-14(8-10-15)16-13-5-3-4-6-13/h7-10,13,16,18H,2-6,11-12H2,1H3. The first-order chi connectivity index (χ1) is 8.83. The summed E-state index contributed by atoms with van der Waals surface area (Å²) in [5, 5.41) is 12.6. The maximum Gasteiger partial charge on any atom is 0.0606 e. The topological polar surface area (TPSA) is 35.5 Å². The van der Waals surface area contributed by atoms with Crippen LogP contribution in [0.5, 0.6) is 0 Å². The number of aliphatic hydroxyl groups is 1. The monoisotopic (exact) mass is 248 g/mol. The Labute approximate surface area is 110 Å². The SMILES string of the molecule is CCN(CCO)c1ccc(NC2CCCC2)cc1. The summed E-state index contributed by atoms with van der Waals surface area (Å²) in [5.41, 5.74) is 2.40. The number of anilines is 2. The van der Waals surface area contributed by atoms with E-state index in [2.05, 4.69) is 41.4 Å². The molecule has 0 amide bonds. The van der Waals surface area contributed by atoms with Gasteiger partial charge < -0.3 is 15.3 Å². The molecule has 0 bridgehead atoms. The Morgan fingerprint density at radius 1 is 1.22 bits per heavy atom. The normalized spacial score (nSPS) is 15.9. The molecule has 2 N–H and O–H groups in total. The van der Waals surface area contributed by atoms with Crippen LogP contribution in [0.3, 0.4) is 0 Å². The van der Waals surface area contributed by atoms with E-state index >= 15 is 0 Å². The number of likely N-dealkylation sites (N-methyl/N-ethyl adjacent to an activating group) is 1. The Kier molecular flexibility index (Phi) is 4.88. The molecule has 1 fully saturated rings. The minimum Gasteiger partial charge on any atom is -0.395 e. The van der Waals surface area contributed by atoms with Gasteiger partial charge in [0, 0.05) is 30.5 Å². The van der Waals surface area contributed by atoms with Gasteiger partial charge in [0.2, 0.25) is 0 Å². The van der Waals surface area contributed by atoms with Gasteiger partial charge in [-0.25, -0.2) is 0 Å². The second kappa shape index (κ2) is 6.64. The molecule has 3 heteroatoms. The molecule has 1 aromatic rings. The molecule has 1 aliphatic carbocycles. The Balaban J connectivity index is 1.95. The van der Waals surface area contributed by atoms with Crippen molar-refractivity contribution in [3.63, 3.8) is 0 Å². The van der Waals surface area contributed by atoms with E-state index in [0.29, 0.717) is 12.6 Å². The first-order valence-corrected chi connectivity index (χ1v) is 7.06. The first kappa shape index (κ1) is 13.2. The number of aliphatic hydroxyl groups excluding tert-OH is 1. The summed E-state index contributed by atoms with van der Waals surface area (Å²) in [6, 6.07) is 9.23. The summed E-state index contributed by atoms with van der Waals surface area (Å²) in [5.74, 6) is 0. The number of hydrogen-bond donors (Lipinski definition) is 2. The number of nitrogens with one attached hydrogen (secondary N) is 1. The van der Waals surface area contributed by atoms with Crippen LogP contribution in [0.15, 0.2) is 24.3 Å². The molecule has 0 heterocycles. The molecule has 0 aromatic heterocycles. The van der Waals surface area contributed by atoms with Crippen molar-refractivity contribution in [2.75, 3.05) is 29.9 Å². The molecule has 0 spiro atoms. The zero-order valence-corrected chi connectivity index (χ0v) is 11.2. The van der Waals surface area contributed by atoms with Crippen LogP contribution in [0, 0.1) is 0 Å². The lowest BCUT2D eigenvalue weighted by Gasteiger charge is -2.22. The molecule has 0 unspecified atom stereocenters. The average molecular weight is 248 g/mol. The minimum atomic E-state index is 0.204. The van der Waals surface area contributed by atoms with Gasteiger partial charge in [0.1, 0.15) is 0 Å². The Morgan fingerprint density at radius 2 is 1.89 bits per heavy atom. The van der Waals surface area contributed by atoms with Gasteiger partial charge in [0.05, 0.1) is 6.61 Å². The highest BCUT2D eigenvalue weighted by molar-refractivity contribution is 5.55. The highest BCUT2D eigenvalue weighted by atomic mass is 16.3. The number of nitrogens with zero attached hydrogens (tertiary/aromatic N) is 1. The molecular weight excluding hydrogens is 224 g/mol. The molecule has 0 radical (unpaired) electrons. The fourth-order valence-corrected chi connectivity index (χ4v) is 2.66. The van der Waals surface area contributed by atoms with Gasteiger partial charge in [0.25, 0.3) is 0 Å². The molecule has 0 atom stereocenters. The van der Waals surface area contributed by atoms with Crippen molar-refractivity contribution >= 4 is 11.4 Å². The van der Waals surface area contributed by atoms with E-state index in [-0.39, 0.29) is 6.61 Å². The van der Waals surface area contributed by atoms with E-state index in [1.807, 2.05) is 0 Å². The van der Waals surface area contributed by atoms with Gasteiger partial charge in [0.15, 0.2) is 0 Å². The molecule has 3 nitrogen and oxygen atoms in total. The van der Waals surface area contributed by atoms with Crippen LogP contribution < -0.4 is 10.2 Å². The maximum absolute atomic E-state index is 9.02. The zero-order valence-electron chi connectivity index (χ0n) is 11.2. The smallest absolute Gasteiger partial charge is 0.0606 e. The zero-order chi connectivity index (χ0) is 12.8. The third-order valence-corrected chi connectivity index (χ3v) is 3.71. The van der Waals surface area contributed by atoms with Crippen LogP contribution >= 0.6 is 0 Å².